The molecule has 0 atom stereocenters. The summed E-state index contributed by atoms with van der Waals surface area (Å²) in [5.74, 6) is -0.410. The average molecular weight is 300 g/mol. The molecule has 0 aliphatic carbocycles. The van der Waals surface area contributed by atoms with Gasteiger partial charge in [0.15, 0.2) is 0 Å². The highest BCUT2D eigenvalue weighted by atomic mass is 31.2. The molecule has 8 nitrogen and oxygen atoms in total. The van der Waals surface area contributed by atoms with Crippen LogP contribution in [-0.2, 0) is 18.6 Å². The molecule has 0 aromatic rings. The first-order chi connectivity index (χ1) is 7.83. The molecule has 0 aliphatic rings. The lowest BCUT2D eigenvalue weighted by atomic mass is 10.2. The van der Waals surface area contributed by atoms with E-state index in [9.17, 15) is 19.1 Å². The number of esters is 1. The van der Waals surface area contributed by atoms with Gasteiger partial charge in [0.2, 0.25) is 0 Å². The van der Waals surface area contributed by atoms with Crippen LogP contribution in [-0.4, -0.2) is 19.2 Å². The second-order valence-corrected chi connectivity index (χ2v) is 4.76. The fourth-order valence-corrected chi connectivity index (χ4v) is 1.37. The molecule has 0 radical (unpaired) electrons. The molecule has 0 saturated carbocycles. The maximum atomic E-state index is 10.9. The number of quaternary nitrogens is 2. The number of hydrogen-bond acceptors (Lipinski definition) is 6. The molecule has 0 saturated heterocycles. The van der Waals surface area contributed by atoms with Crippen LogP contribution in [0.4, 0.5) is 0 Å². The largest absolute Gasteiger partial charge is 0.790 e. The first kappa shape index (κ1) is 23.3. The van der Waals surface area contributed by atoms with Crippen LogP contribution in [0.2, 0.25) is 0 Å². The summed E-state index contributed by atoms with van der Waals surface area (Å²) >= 11 is 0. The minimum absolute atomic E-state index is 0. The average Bonchev–Trinajstić information content (AvgIpc) is 2.19. The summed E-state index contributed by atoms with van der Waals surface area (Å²) < 4.78 is 19.0. The third-order valence-corrected chi connectivity index (χ3v) is 2.37. The highest BCUT2D eigenvalue weighted by molar-refractivity contribution is 7.43. The quantitative estimate of drug-likeness (QED) is 0.280. The Balaban J connectivity index is -0.00000128. The van der Waals surface area contributed by atoms with Gasteiger partial charge in [-0.1, -0.05) is 13.0 Å². The number of carbonyl (C=O) groups excluding carboxylic acids is 1. The van der Waals surface area contributed by atoms with E-state index < -0.39 is 13.8 Å². The van der Waals surface area contributed by atoms with Crippen molar-refractivity contribution in [3.63, 3.8) is 0 Å². The van der Waals surface area contributed by atoms with E-state index in [1.54, 1.807) is 6.92 Å². The van der Waals surface area contributed by atoms with Gasteiger partial charge in [-0.25, -0.2) is 4.79 Å². The molecule has 19 heavy (non-hydrogen) atoms. The number of ether oxygens (including phenoxy) is 1. The van der Waals surface area contributed by atoms with Gasteiger partial charge in [0.05, 0.1) is 21.0 Å². The molecule has 0 aromatic carbocycles. The summed E-state index contributed by atoms with van der Waals surface area (Å²) in [6.07, 6.45) is 2.66. The summed E-state index contributed by atoms with van der Waals surface area (Å²) in [4.78, 5) is 31.1. The number of phosphoric ester groups is 1. The van der Waals surface area contributed by atoms with Gasteiger partial charge in [0.1, 0.15) is 0 Å². The molecule has 116 valence electrons. The van der Waals surface area contributed by atoms with Crippen molar-refractivity contribution in [2.75, 3.05) is 13.2 Å². The molecule has 0 amide bonds. The molecule has 9 heteroatoms. The molecule has 0 aromatic heterocycles. The molecule has 0 rings (SSSR count). The topological polar surface area (TPSA) is 172 Å². The van der Waals surface area contributed by atoms with Crippen LogP contribution in [0.25, 0.3) is 0 Å². The normalized spacial score (nSPS) is 10.1. The Bertz CT molecular complexity index is 304. The van der Waals surface area contributed by atoms with Crippen LogP contribution < -0.4 is 22.1 Å². The lowest BCUT2D eigenvalue weighted by Gasteiger charge is -2.28. The number of rotatable bonds is 9. The summed E-state index contributed by atoms with van der Waals surface area (Å²) in [5, 5.41) is 0. The maximum Gasteiger partial charge on any atom is 0.333 e. The smallest absolute Gasteiger partial charge is 0.333 e. The van der Waals surface area contributed by atoms with Gasteiger partial charge in [-0.3, -0.25) is 0 Å². The summed E-state index contributed by atoms with van der Waals surface area (Å²) in [7, 11) is -4.83. The third-order valence-electron chi connectivity index (χ3n) is 1.87. The molecular formula is C10H25N2O6P. The van der Waals surface area contributed by atoms with Crippen molar-refractivity contribution in [3.05, 3.63) is 12.2 Å². The molecule has 8 N–H and O–H groups in total. The molecule has 0 bridgehead atoms. The molecule has 0 heterocycles. The Morgan fingerprint density at radius 1 is 1.11 bits per heavy atom. The minimum Gasteiger partial charge on any atom is -0.790 e. The van der Waals surface area contributed by atoms with Gasteiger partial charge in [-0.05, 0) is 26.2 Å². The van der Waals surface area contributed by atoms with Gasteiger partial charge in [-0.15, -0.1) is 0 Å². The summed E-state index contributed by atoms with van der Waals surface area (Å²) in [5.41, 5.74) is 0.361. The Kier molecular flexibility index (Phi) is 15.1. The summed E-state index contributed by atoms with van der Waals surface area (Å²) in [6, 6.07) is 0. The van der Waals surface area contributed by atoms with E-state index >= 15 is 0 Å². The Hall–Kier alpha value is -0.760. The minimum atomic E-state index is -4.83. The molecular weight excluding hydrogens is 275 g/mol. The van der Waals surface area contributed by atoms with Crippen molar-refractivity contribution in [3.8, 4) is 0 Å². The fourth-order valence-electron chi connectivity index (χ4n) is 1.02. The summed E-state index contributed by atoms with van der Waals surface area (Å²) in [6.45, 7) is 5.24. The lowest BCUT2D eigenvalue weighted by molar-refractivity contribution is -0.341. The first-order valence-corrected chi connectivity index (χ1v) is 6.78. The van der Waals surface area contributed by atoms with Crippen LogP contribution in [0.1, 0.15) is 32.6 Å². The highest BCUT2D eigenvalue weighted by Gasteiger charge is 2.01. The Labute approximate surface area is 113 Å². The zero-order chi connectivity index (χ0) is 13.3. The van der Waals surface area contributed by atoms with Crippen LogP contribution >= 0.6 is 7.82 Å². The lowest BCUT2D eigenvalue weighted by Crippen LogP contribution is -2.16. The van der Waals surface area contributed by atoms with Crippen LogP contribution in [0.3, 0.4) is 0 Å². The van der Waals surface area contributed by atoms with Gasteiger partial charge >= 0.3 is 5.97 Å². The van der Waals surface area contributed by atoms with E-state index in [-0.39, 0.29) is 18.9 Å². The maximum absolute atomic E-state index is 10.9. The third kappa shape index (κ3) is 17.2. The van der Waals surface area contributed by atoms with Crippen molar-refractivity contribution in [1.82, 2.24) is 12.3 Å². The van der Waals surface area contributed by atoms with E-state index in [1.807, 2.05) is 0 Å². The van der Waals surface area contributed by atoms with E-state index in [0.717, 1.165) is 6.42 Å². The van der Waals surface area contributed by atoms with E-state index in [2.05, 4.69) is 11.1 Å². The number of hydrogen-bond donors (Lipinski definition) is 2. The molecule has 0 spiro atoms. The van der Waals surface area contributed by atoms with Gasteiger partial charge in [0.25, 0.3) is 0 Å². The molecule has 0 unspecified atom stereocenters. The second kappa shape index (κ2) is 12.3. The van der Waals surface area contributed by atoms with Gasteiger partial charge in [0, 0.05) is 5.57 Å². The standard InChI is InChI=1S/C10H19O6P.2H3N/c1-9(2)10(11)15-7-5-3-4-6-8-16-17(12,13)14;;/h1,3-8H2,2H3,(H2,12,13,14);2*1H3. The van der Waals surface area contributed by atoms with Crippen molar-refractivity contribution >= 4 is 13.8 Å². The van der Waals surface area contributed by atoms with Gasteiger partial charge < -0.3 is 35.9 Å². The molecule has 0 fully saturated rings. The molecule has 0 aliphatic heterocycles. The number of carbonyl (C=O) groups is 1. The van der Waals surface area contributed by atoms with E-state index in [1.165, 1.54) is 0 Å². The highest BCUT2D eigenvalue weighted by Crippen LogP contribution is 2.24. The SMILES string of the molecule is C=C(C)C(=O)OCCCCCCOP(=O)([O-])[O-].[NH4+].[NH4+]. The van der Waals surface area contributed by atoms with Crippen molar-refractivity contribution in [2.45, 2.75) is 32.6 Å². The van der Waals surface area contributed by atoms with Crippen molar-refractivity contribution < 1.29 is 28.4 Å². The van der Waals surface area contributed by atoms with Crippen LogP contribution in [0.15, 0.2) is 12.2 Å². The number of phosphoric acid groups is 1. The monoisotopic (exact) mass is 300 g/mol. The van der Waals surface area contributed by atoms with Gasteiger partial charge in [-0.2, -0.15) is 0 Å². The second-order valence-electron chi connectivity index (χ2n) is 3.61. The fraction of sp³-hybridized carbons (Fsp3) is 0.700. The predicted octanol–water partition coefficient (Wildman–Crippen LogP) is 1.26. The zero-order valence-electron chi connectivity index (χ0n) is 11.8. The van der Waals surface area contributed by atoms with Crippen LogP contribution in [0, 0.1) is 0 Å². The Morgan fingerprint density at radius 3 is 2.00 bits per heavy atom. The van der Waals surface area contributed by atoms with E-state index in [4.69, 9.17) is 4.74 Å². The number of unbranched alkanes of at least 4 members (excludes halogenated alkanes) is 3. The zero-order valence-corrected chi connectivity index (χ0v) is 12.7. The van der Waals surface area contributed by atoms with Crippen molar-refractivity contribution in [1.29, 1.82) is 0 Å². The predicted molar refractivity (Wildman–Crippen MR) is 69.8 cm³/mol. The van der Waals surface area contributed by atoms with Crippen molar-refractivity contribution in [2.24, 2.45) is 0 Å². The Morgan fingerprint density at radius 2 is 1.58 bits per heavy atom. The van der Waals surface area contributed by atoms with Crippen LogP contribution in [0.5, 0.6) is 0 Å². The first-order valence-electron chi connectivity index (χ1n) is 5.32. The van der Waals surface area contributed by atoms with E-state index in [0.29, 0.717) is 31.4 Å².